The predicted octanol–water partition coefficient (Wildman–Crippen LogP) is 4.02. The van der Waals surface area contributed by atoms with Gasteiger partial charge in [0.1, 0.15) is 12.4 Å². The van der Waals surface area contributed by atoms with Crippen LogP contribution in [0.5, 0.6) is 11.5 Å². The summed E-state index contributed by atoms with van der Waals surface area (Å²) in [5, 5.41) is 3.17. The minimum Gasteiger partial charge on any atom is -0.490 e. The summed E-state index contributed by atoms with van der Waals surface area (Å²) in [6.45, 7) is 5.53. The SMILES string of the molecule is CCOc1ccccc1OCCNc1cc(F)ccc1C. The summed E-state index contributed by atoms with van der Waals surface area (Å²) < 4.78 is 24.4. The smallest absolute Gasteiger partial charge is 0.161 e. The zero-order chi connectivity index (χ0) is 15.1. The highest BCUT2D eigenvalue weighted by Crippen LogP contribution is 2.26. The Hall–Kier alpha value is -2.23. The van der Waals surface area contributed by atoms with Crippen LogP contribution in [0.2, 0.25) is 0 Å². The van der Waals surface area contributed by atoms with Crippen LogP contribution in [0.1, 0.15) is 12.5 Å². The lowest BCUT2D eigenvalue weighted by Crippen LogP contribution is -2.12. The molecule has 112 valence electrons. The van der Waals surface area contributed by atoms with E-state index in [4.69, 9.17) is 9.47 Å². The molecule has 0 heterocycles. The van der Waals surface area contributed by atoms with Gasteiger partial charge in [-0.1, -0.05) is 18.2 Å². The largest absolute Gasteiger partial charge is 0.490 e. The van der Waals surface area contributed by atoms with Gasteiger partial charge in [0.15, 0.2) is 11.5 Å². The van der Waals surface area contributed by atoms with Crippen molar-refractivity contribution in [2.24, 2.45) is 0 Å². The summed E-state index contributed by atoms with van der Waals surface area (Å²) in [4.78, 5) is 0. The first kappa shape index (κ1) is 15.2. The number of anilines is 1. The zero-order valence-corrected chi connectivity index (χ0v) is 12.4. The van der Waals surface area contributed by atoms with E-state index in [1.165, 1.54) is 12.1 Å². The van der Waals surface area contributed by atoms with E-state index < -0.39 is 0 Å². The molecule has 2 rings (SSSR count). The maximum Gasteiger partial charge on any atom is 0.161 e. The predicted molar refractivity (Wildman–Crippen MR) is 82.7 cm³/mol. The van der Waals surface area contributed by atoms with Crippen molar-refractivity contribution in [3.8, 4) is 11.5 Å². The van der Waals surface area contributed by atoms with Crippen molar-refractivity contribution in [2.45, 2.75) is 13.8 Å². The van der Waals surface area contributed by atoms with E-state index in [2.05, 4.69) is 5.32 Å². The molecule has 0 saturated heterocycles. The van der Waals surface area contributed by atoms with E-state index in [0.29, 0.717) is 19.8 Å². The number of benzene rings is 2. The molecule has 0 bridgehead atoms. The third-order valence-corrected chi connectivity index (χ3v) is 3.02. The van der Waals surface area contributed by atoms with Gasteiger partial charge in [0, 0.05) is 12.2 Å². The third kappa shape index (κ3) is 4.38. The molecule has 0 radical (unpaired) electrons. The number of halogens is 1. The molecule has 0 unspecified atom stereocenters. The molecule has 0 aliphatic heterocycles. The van der Waals surface area contributed by atoms with E-state index >= 15 is 0 Å². The van der Waals surface area contributed by atoms with Gasteiger partial charge < -0.3 is 14.8 Å². The third-order valence-electron chi connectivity index (χ3n) is 3.02. The normalized spacial score (nSPS) is 10.2. The van der Waals surface area contributed by atoms with Gasteiger partial charge in [-0.15, -0.1) is 0 Å². The Kier molecular flexibility index (Phi) is 5.43. The van der Waals surface area contributed by atoms with Gasteiger partial charge in [0.05, 0.1) is 6.61 Å². The average Bonchev–Trinajstić information content (AvgIpc) is 2.49. The quantitative estimate of drug-likeness (QED) is 0.781. The number of para-hydroxylation sites is 2. The highest BCUT2D eigenvalue weighted by molar-refractivity contribution is 5.50. The van der Waals surface area contributed by atoms with Gasteiger partial charge in [0.2, 0.25) is 0 Å². The summed E-state index contributed by atoms with van der Waals surface area (Å²) in [5.74, 6) is 1.21. The molecule has 0 aliphatic carbocycles. The fraction of sp³-hybridized carbons (Fsp3) is 0.294. The fourth-order valence-corrected chi connectivity index (χ4v) is 1.98. The van der Waals surface area contributed by atoms with Crippen LogP contribution in [0.25, 0.3) is 0 Å². The molecule has 2 aromatic carbocycles. The molecular weight excluding hydrogens is 269 g/mol. The summed E-state index contributed by atoms with van der Waals surface area (Å²) in [6, 6.07) is 12.3. The van der Waals surface area contributed by atoms with Crippen molar-refractivity contribution in [2.75, 3.05) is 25.1 Å². The molecule has 0 amide bonds. The number of aryl methyl sites for hydroxylation is 1. The molecule has 0 aliphatic rings. The Balaban J connectivity index is 1.86. The topological polar surface area (TPSA) is 30.5 Å². The lowest BCUT2D eigenvalue weighted by molar-refractivity contribution is 0.284. The van der Waals surface area contributed by atoms with Gasteiger partial charge in [-0.05, 0) is 43.7 Å². The minimum atomic E-state index is -0.245. The second-order valence-electron chi connectivity index (χ2n) is 4.61. The van der Waals surface area contributed by atoms with Crippen molar-refractivity contribution in [1.82, 2.24) is 0 Å². The first-order chi connectivity index (χ1) is 10.2. The van der Waals surface area contributed by atoms with E-state index in [0.717, 1.165) is 22.7 Å². The molecule has 2 aromatic rings. The molecule has 0 atom stereocenters. The van der Waals surface area contributed by atoms with Gasteiger partial charge in [-0.3, -0.25) is 0 Å². The van der Waals surface area contributed by atoms with Crippen LogP contribution in [0.3, 0.4) is 0 Å². The lowest BCUT2D eigenvalue weighted by atomic mass is 10.2. The fourth-order valence-electron chi connectivity index (χ4n) is 1.98. The average molecular weight is 289 g/mol. The number of rotatable bonds is 7. The van der Waals surface area contributed by atoms with Crippen LogP contribution in [0.15, 0.2) is 42.5 Å². The van der Waals surface area contributed by atoms with Crippen LogP contribution in [-0.4, -0.2) is 19.8 Å². The van der Waals surface area contributed by atoms with Crippen LogP contribution in [-0.2, 0) is 0 Å². The summed E-state index contributed by atoms with van der Waals surface area (Å²) in [5.41, 5.74) is 1.79. The molecule has 21 heavy (non-hydrogen) atoms. The van der Waals surface area contributed by atoms with E-state index in [9.17, 15) is 4.39 Å². The Bertz CT molecular complexity index is 587. The lowest BCUT2D eigenvalue weighted by Gasteiger charge is -2.13. The number of ether oxygens (including phenoxy) is 2. The van der Waals surface area contributed by atoms with Crippen molar-refractivity contribution < 1.29 is 13.9 Å². The minimum absolute atomic E-state index is 0.245. The summed E-state index contributed by atoms with van der Waals surface area (Å²) >= 11 is 0. The van der Waals surface area contributed by atoms with E-state index in [-0.39, 0.29) is 5.82 Å². The van der Waals surface area contributed by atoms with E-state index in [1.54, 1.807) is 6.07 Å². The van der Waals surface area contributed by atoms with Crippen LogP contribution in [0, 0.1) is 12.7 Å². The Morgan fingerprint density at radius 1 is 1.05 bits per heavy atom. The maximum absolute atomic E-state index is 13.2. The summed E-state index contributed by atoms with van der Waals surface area (Å²) in [7, 11) is 0. The first-order valence-electron chi connectivity index (χ1n) is 7.05. The van der Waals surface area contributed by atoms with Gasteiger partial charge in [-0.2, -0.15) is 0 Å². The second-order valence-corrected chi connectivity index (χ2v) is 4.61. The Morgan fingerprint density at radius 3 is 2.48 bits per heavy atom. The van der Waals surface area contributed by atoms with Crippen molar-refractivity contribution in [1.29, 1.82) is 0 Å². The molecule has 3 nitrogen and oxygen atoms in total. The van der Waals surface area contributed by atoms with Gasteiger partial charge in [0.25, 0.3) is 0 Å². The number of hydrogen-bond acceptors (Lipinski definition) is 3. The van der Waals surface area contributed by atoms with Crippen LogP contribution in [0.4, 0.5) is 10.1 Å². The molecule has 4 heteroatoms. The zero-order valence-electron chi connectivity index (χ0n) is 12.4. The molecule has 0 fully saturated rings. The second kappa shape index (κ2) is 7.53. The highest BCUT2D eigenvalue weighted by Gasteiger charge is 2.03. The molecular formula is C17H20FNO2. The van der Waals surface area contributed by atoms with Crippen molar-refractivity contribution >= 4 is 5.69 Å². The number of nitrogens with one attached hydrogen (secondary N) is 1. The Labute approximate surface area is 124 Å². The monoisotopic (exact) mass is 289 g/mol. The first-order valence-corrected chi connectivity index (χ1v) is 7.05. The molecule has 0 aromatic heterocycles. The Morgan fingerprint density at radius 2 is 1.76 bits per heavy atom. The van der Waals surface area contributed by atoms with Gasteiger partial charge >= 0.3 is 0 Å². The highest BCUT2D eigenvalue weighted by atomic mass is 19.1. The standard InChI is InChI=1S/C17H20FNO2/c1-3-20-16-6-4-5-7-17(16)21-11-10-19-15-12-14(18)9-8-13(15)2/h4-9,12,19H,3,10-11H2,1-2H3. The molecule has 1 N–H and O–H groups in total. The van der Waals surface area contributed by atoms with Gasteiger partial charge in [-0.25, -0.2) is 4.39 Å². The van der Waals surface area contributed by atoms with Crippen LogP contribution < -0.4 is 14.8 Å². The summed E-state index contributed by atoms with van der Waals surface area (Å²) in [6.07, 6.45) is 0. The maximum atomic E-state index is 13.2. The molecule has 0 spiro atoms. The van der Waals surface area contributed by atoms with Crippen molar-refractivity contribution in [3.63, 3.8) is 0 Å². The van der Waals surface area contributed by atoms with Crippen molar-refractivity contribution in [3.05, 3.63) is 53.8 Å². The number of hydrogen-bond donors (Lipinski definition) is 1. The van der Waals surface area contributed by atoms with E-state index in [1.807, 2.05) is 38.1 Å². The molecule has 0 saturated carbocycles. The van der Waals surface area contributed by atoms with Crippen LogP contribution >= 0.6 is 0 Å².